The summed E-state index contributed by atoms with van der Waals surface area (Å²) in [6.45, 7) is 2.65. The molecule has 2 aromatic carbocycles. The van der Waals surface area contributed by atoms with Crippen molar-refractivity contribution >= 4 is 0 Å². The fourth-order valence-corrected chi connectivity index (χ4v) is 2.13. The molecule has 0 radical (unpaired) electrons. The van der Waals surface area contributed by atoms with Crippen LogP contribution in [0.2, 0.25) is 0 Å². The molecule has 4 heteroatoms. The standard InChI is InChI=1S/C17H21NO3/c1-12(2-3-13-4-7-15(19)8-5-13)18-11-14-6-9-16(20)10-17(14)21/h4-10,12,18-21H,2-3,11H2,1H3. The average Bonchev–Trinajstić information content (AvgIpc) is 2.46. The van der Waals surface area contributed by atoms with Gasteiger partial charge in [-0.15, -0.1) is 0 Å². The van der Waals surface area contributed by atoms with E-state index in [9.17, 15) is 15.3 Å². The lowest BCUT2D eigenvalue weighted by molar-refractivity contribution is 0.439. The summed E-state index contributed by atoms with van der Waals surface area (Å²) in [4.78, 5) is 0. The van der Waals surface area contributed by atoms with Crippen LogP contribution >= 0.6 is 0 Å². The smallest absolute Gasteiger partial charge is 0.123 e. The fourth-order valence-electron chi connectivity index (χ4n) is 2.13. The Bertz CT molecular complexity index is 581. The number of aromatic hydroxyl groups is 3. The predicted octanol–water partition coefficient (Wildman–Crippen LogP) is 2.91. The minimum Gasteiger partial charge on any atom is -0.508 e. The molecule has 2 rings (SSSR count). The Morgan fingerprint density at radius 3 is 2.29 bits per heavy atom. The molecule has 2 aromatic rings. The van der Waals surface area contributed by atoms with Crippen molar-refractivity contribution < 1.29 is 15.3 Å². The predicted molar refractivity (Wildman–Crippen MR) is 82.5 cm³/mol. The number of phenolic OH excluding ortho intramolecular Hbond substituents is 3. The van der Waals surface area contributed by atoms with E-state index in [1.165, 1.54) is 11.6 Å². The SMILES string of the molecule is CC(CCc1ccc(O)cc1)NCc1ccc(O)cc1O. The van der Waals surface area contributed by atoms with Crippen molar-refractivity contribution in [1.82, 2.24) is 5.32 Å². The molecule has 1 atom stereocenters. The Morgan fingerprint density at radius 2 is 1.62 bits per heavy atom. The Labute approximate surface area is 124 Å². The molecule has 0 saturated heterocycles. The van der Waals surface area contributed by atoms with Crippen molar-refractivity contribution in [2.24, 2.45) is 0 Å². The van der Waals surface area contributed by atoms with E-state index in [2.05, 4.69) is 12.2 Å². The lowest BCUT2D eigenvalue weighted by Gasteiger charge is -2.14. The molecule has 4 nitrogen and oxygen atoms in total. The molecular weight excluding hydrogens is 266 g/mol. The summed E-state index contributed by atoms with van der Waals surface area (Å²) < 4.78 is 0. The second-order valence-electron chi connectivity index (χ2n) is 5.30. The molecule has 1 unspecified atom stereocenters. The summed E-state index contributed by atoms with van der Waals surface area (Å²) in [5.41, 5.74) is 1.96. The average molecular weight is 287 g/mol. The quantitative estimate of drug-likeness (QED) is 0.659. The molecule has 0 aliphatic rings. The van der Waals surface area contributed by atoms with Crippen LogP contribution in [-0.2, 0) is 13.0 Å². The number of benzene rings is 2. The number of phenols is 3. The van der Waals surface area contributed by atoms with Gasteiger partial charge in [-0.2, -0.15) is 0 Å². The summed E-state index contributed by atoms with van der Waals surface area (Å²) in [5.74, 6) is 0.456. The van der Waals surface area contributed by atoms with E-state index in [0.717, 1.165) is 18.4 Å². The molecule has 0 aromatic heterocycles. The lowest BCUT2D eigenvalue weighted by atomic mass is 10.1. The Hall–Kier alpha value is -2.20. The van der Waals surface area contributed by atoms with Crippen LogP contribution in [0.15, 0.2) is 42.5 Å². The highest BCUT2D eigenvalue weighted by Gasteiger charge is 2.06. The van der Waals surface area contributed by atoms with Gasteiger partial charge in [0, 0.05) is 24.2 Å². The number of hydrogen-bond acceptors (Lipinski definition) is 4. The molecule has 112 valence electrons. The molecular formula is C17H21NO3. The van der Waals surface area contributed by atoms with Gasteiger partial charge in [0.15, 0.2) is 0 Å². The van der Waals surface area contributed by atoms with Gasteiger partial charge in [0.1, 0.15) is 17.2 Å². The lowest BCUT2D eigenvalue weighted by Crippen LogP contribution is -2.26. The van der Waals surface area contributed by atoms with E-state index in [0.29, 0.717) is 12.6 Å². The van der Waals surface area contributed by atoms with Crippen molar-refractivity contribution in [3.05, 3.63) is 53.6 Å². The van der Waals surface area contributed by atoms with Crippen molar-refractivity contribution in [2.75, 3.05) is 0 Å². The summed E-state index contributed by atoms with van der Waals surface area (Å²) >= 11 is 0. The van der Waals surface area contributed by atoms with Crippen LogP contribution in [0.1, 0.15) is 24.5 Å². The van der Waals surface area contributed by atoms with E-state index < -0.39 is 0 Å². The van der Waals surface area contributed by atoms with Gasteiger partial charge in [0.25, 0.3) is 0 Å². The van der Waals surface area contributed by atoms with Crippen molar-refractivity contribution in [3.8, 4) is 17.2 Å². The Morgan fingerprint density at radius 1 is 0.952 bits per heavy atom. The van der Waals surface area contributed by atoms with Gasteiger partial charge in [-0.05, 0) is 43.5 Å². The van der Waals surface area contributed by atoms with E-state index in [1.807, 2.05) is 12.1 Å². The molecule has 0 heterocycles. The van der Waals surface area contributed by atoms with Gasteiger partial charge < -0.3 is 20.6 Å². The highest BCUT2D eigenvalue weighted by molar-refractivity contribution is 5.38. The van der Waals surface area contributed by atoms with Gasteiger partial charge in [-0.3, -0.25) is 0 Å². The molecule has 0 aliphatic heterocycles. The van der Waals surface area contributed by atoms with Crippen LogP contribution in [0.4, 0.5) is 0 Å². The first-order valence-corrected chi connectivity index (χ1v) is 7.07. The van der Waals surface area contributed by atoms with Gasteiger partial charge in [-0.25, -0.2) is 0 Å². The van der Waals surface area contributed by atoms with Crippen LogP contribution in [0.3, 0.4) is 0 Å². The zero-order valence-corrected chi connectivity index (χ0v) is 12.1. The highest BCUT2D eigenvalue weighted by Crippen LogP contribution is 2.22. The first-order valence-electron chi connectivity index (χ1n) is 7.07. The molecule has 0 spiro atoms. The highest BCUT2D eigenvalue weighted by atomic mass is 16.3. The van der Waals surface area contributed by atoms with Crippen LogP contribution < -0.4 is 5.32 Å². The number of nitrogens with one attached hydrogen (secondary N) is 1. The Balaban J connectivity index is 1.79. The van der Waals surface area contributed by atoms with E-state index >= 15 is 0 Å². The maximum Gasteiger partial charge on any atom is 0.123 e. The fraction of sp³-hybridized carbons (Fsp3) is 0.294. The maximum absolute atomic E-state index is 9.71. The van der Waals surface area contributed by atoms with Gasteiger partial charge in [-0.1, -0.05) is 18.2 Å². The second kappa shape index (κ2) is 6.99. The first kappa shape index (κ1) is 15.2. The van der Waals surface area contributed by atoms with E-state index in [4.69, 9.17) is 0 Å². The van der Waals surface area contributed by atoms with Crippen LogP contribution in [-0.4, -0.2) is 21.4 Å². The molecule has 21 heavy (non-hydrogen) atoms. The number of hydrogen-bond donors (Lipinski definition) is 4. The summed E-state index contributed by atoms with van der Waals surface area (Å²) in [5, 5.41) is 31.5. The van der Waals surface area contributed by atoms with Crippen molar-refractivity contribution in [1.29, 1.82) is 0 Å². The first-order chi connectivity index (χ1) is 10.0. The third-order valence-corrected chi connectivity index (χ3v) is 3.51. The zero-order chi connectivity index (χ0) is 15.2. The van der Waals surface area contributed by atoms with Gasteiger partial charge in [0.05, 0.1) is 0 Å². The number of aryl methyl sites for hydroxylation is 1. The molecule has 0 amide bonds. The number of rotatable bonds is 6. The van der Waals surface area contributed by atoms with Crippen LogP contribution in [0.5, 0.6) is 17.2 Å². The molecule has 0 bridgehead atoms. The van der Waals surface area contributed by atoms with E-state index in [-0.39, 0.29) is 17.2 Å². The molecule has 0 saturated carbocycles. The normalized spacial score (nSPS) is 12.2. The molecule has 0 aliphatic carbocycles. The maximum atomic E-state index is 9.71. The van der Waals surface area contributed by atoms with Crippen molar-refractivity contribution in [2.45, 2.75) is 32.4 Å². The Kier molecular flexibility index (Phi) is 5.06. The van der Waals surface area contributed by atoms with Gasteiger partial charge >= 0.3 is 0 Å². The molecule has 4 N–H and O–H groups in total. The summed E-state index contributed by atoms with van der Waals surface area (Å²) in [6.07, 6.45) is 1.89. The third-order valence-electron chi connectivity index (χ3n) is 3.51. The van der Waals surface area contributed by atoms with E-state index in [1.54, 1.807) is 24.3 Å². The summed E-state index contributed by atoms with van der Waals surface area (Å²) in [6, 6.07) is 12.2. The zero-order valence-electron chi connectivity index (χ0n) is 12.1. The third kappa shape index (κ3) is 4.68. The molecule has 0 fully saturated rings. The topological polar surface area (TPSA) is 72.7 Å². The minimum absolute atomic E-state index is 0.0663. The second-order valence-corrected chi connectivity index (χ2v) is 5.30. The van der Waals surface area contributed by atoms with Crippen LogP contribution in [0, 0.1) is 0 Å². The van der Waals surface area contributed by atoms with Gasteiger partial charge in [0.2, 0.25) is 0 Å². The van der Waals surface area contributed by atoms with Crippen LogP contribution in [0.25, 0.3) is 0 Å². The monoisotopic (exact) mass is 287 g/mol. The minimum atomic E-state index is 0.0663. The summed E-state index contributed by atoms with van der Waals surface area (Å²) in [7, 11) is 0. The largest absolute Gasteiger partial charge is 0.508 e. The van der Waals surface area contributed by atoms with Crippen molar-refractivity contribution in [3.63, 3.8) is 0 Å².